The number of nitrogens with zero attached hydrogens (tertiary/aromatic N) is 1. The van der Waals surface area contributed by atoms with Crippen molar-refractivity contribution in [2.24, 2.45) is 0 Å². The zero-order chi connectivity index (χ0) is 17.6. The number of carbonyl (C=O) groups is 2. The van der Waals surface area contributed by atoms with Gasteiger partial charge in [0, 0.05) is 6.54 Å². The van der Waals surface area contributed by atoms with Crippen LogP contribution in [0, 0.1) is 6.92 Å². The van der Waals surface area contributed by atoms with Gasteiger partial charge in [-0.05, 0) is 49.6 Å². The molecule has 2 heterocycles. The van der Waals surface area contributed by atoms with E-state index in [9.17, 15) is 9.59 Å². The van der Waals surface area contributed by atoms with Gasteiger partial charge in [-0.15, -0.1) is 0 Å². The van der Waals surface area contributed by atoms with Crippen molar-refractivity contribution in [3.05, 3.63) is 54.0 Å². The summed E-state index contributed by atoms with van der Waals surface area (Å²) in [7, 11) is 0. The highest BCUT2D eigenvalue weighted by Gasteiger charge is 2.35. The fourth-order valence-corrected chi connectivity index (χ4v) is 2.99. The van der Waals surface area contributed by atoms with Crippen LogP contribution in [0.25, 0.3) is 0 Å². The third-order valence-corrected chi connectivity index (χ3v) is 4.21. The first-order chi connectivity index (χ1) is 12.1. The summed E-state index contributed by atoms with van der Waals surface area (Å²) in [4.78, 5) is 26.4. The molecule has 1 aliphatic rings. The second kappa shape index (κ2) is 7.88. The number of hydrogen-bond acceptors (Lipinski definition) is 4. The summed E-state index contributed by atoms with van der Waals surface area (Å²) in [5.74, 6) is 0.663. The molecule has 1 aromatic carbocycles. The molecule has 6 nitrogen and oxygen atoms in total. The number of aryl methyl sites for hydroxylation is 1. The first-order valence-corrected chi connectivity index (χ1v) is 8.47. The van der Waals surface area contributed by atoms with E-state index in [1.165, 1.54) is 6.26 Å². The fraction of sp³-hybridized carbons (Fsp3) is 0.368. The van der Waals surface area contributed by atoms with Crippen molar-refractivity contribution in [2.75, 3.05) is 19.7 Å². The molecule has 25 heavy (non-hydrogen) atoms. The minimum Gasteiger partial charge on any atom is -0.492 e. The van der Waals surface area contributed by atoms with Gasteiger partial charge in [0.15, 0.2) is 5.76 Å². The molecule has 3 rings (SSSR count). The minimum absolute atomic E-state index is 0.148. The lowest BCUT2D eigenvalue weighted by Gasteiger charge is -2.23. The molecular formula is C19H22N2O4. The molecule has 0 radical (unpaired) electrons. The van der Waals surface area contributed by atoms with Gasteiger partial charge in [0.25, 0.3) is 5.91 Å². The summed E-state index contributed by atoms with van der Waals surface area (Å²) in [6, 6.07) is 10.6. The van der Waals surface area contributed by atoms with Gasteiger partial charge in [0.2, 0.25) is 5.91 Å². The number of carbonyl (C=O) groups excluding carboxylic acids is 2. The molecule has 2 aromatic rings. The monoisotopic (exact) mass is 342 g/mol. The summed E-state index contributed by atoms with van der Waals surface area (Å²) in [6.45, 7) is 3.34. The van der Waals surface area contributed by atoms with Gasteiger partial charge in [-0.25, -0.2) is 0 Å². The van der Waals surface area contributed by atoms with Crippen molar-refractivity contribution in [1.29, 1.82) is 0 Å². The third-order valence-electron chi connectivity index (χ3n) is 4.21. The number of amides is 2. The largest absolute Gasteiger partial charge is 0.492 e. The highest BCUT2D eigenvalue weighted by molar-refractivity contribution is 5.95. The zero-order valence-corrected chi connectivity index (χ0v) is 14.2. The predicted octanol–water partition coefficient (Wildman–Crippen LogP) is 2.39. The van der Waals surface area contributed by atoms with Gasteiger partial charge in [-0.2, -0.15) is 0 Å². The van der Waals surface area contributed by atoms with Gasteiger partial charge in [-0.1, -0.05) is 12.1 Å². The normalized spacial score (nSPS) is 16.7. The number of furan rings is 1. The Hall–Kier alpha value is -2.76. The molecule has 0 bridgehead atoms. The molecule has 0 aliphatic carbocycles. The Morgan fingerprint density at radius 1 is 1.32 bits per heavy atom. The summed E-state index contributed by atoms with van der Waals surface area (Å²) < 4.78 is 10.8. The van der Waals surface area contributed by atoms with E-state index >= 15 is 0 Å². The number of ether oxygens (including phenoxy) is 1. The fourth-order valence-electron chi connectivity index (χ4n) is 2.99. The molecule has 1 unspecified atom stereocenters. The van der Waals surface area contributed by atoms with Crippen molar-refractivity contribution in [3.63, 3.8) is 0 Å². The SMILES string of the molecule is Cc1cccc(OCCNC(=O)C2CCCN2C(=O)c2ccco2)c1. The number of nitrogens with one attached hydrogen (secondary N) is 1. The summed E-state index contributed by atoms with van der Waals surface area (Å²) >= 11 is 0. The molecule has 132 valence electrons. The number of likely N-dealkylation sites (tertiary alicyclic amines) is 1. The van der Waals surface area contributed by atoms with Gasteiger partial charge < -0.3 is 19.4 Å². The Labute approximate surface area is 146 Å². The zero-order valence-electron chi connectivity index (χ0n) is 14.2. The maximum Gasteiger partial charge on any atom is 0.290 e. The molecule has 1 atom stereocenters. The Morgan fingerprint density at radius 3 is 2.96 bits per heavy atom. The van der Waals surface area contributed by atoms with Gasteiger partial charge in [0.1, 0.15) is 18.4 Å². The van der Waals surface area contributed by atoms with E-state index in [0.29, 0.717) is 26.1 Å². The lowest BCUT2D eigenvalue weighted by molar-refractivity contribution is -0.124. The molecule has 0 saturated carbocycles. The average Bonchev–Trinajstić information content (AvgIpc) is 3.29. The maximum absolute atomic E-state index is 12.4. The molecule has 1 fully saturated rings. The van der Waals surface area contributed by atoms with Crippen molar-refractivity contribution in [3.8, 4) is 5.75 Å². The van der Waals surface area contributed by atoms with Crippen molar-refractivity contribution >= 4 is 11.8 Å². The minimum atomic E-state index is -0.448. The highest BCUT2D eigenvalue weighted by Crippen LogP contribution is 2.20. The van der Waals surface area contributed by atoms with Gasteiger partial charge in [0.05, 0.1) is 12.8 Å². The topological polar surface area (TPSA) is 71.8 Å². The number of rotatable bonds is 6. The molecule has 1 saturated heterocycles. The average molecular weight is 342 g/mol. The van der Waals surface area contributed by atoms with Crippen molar-refractivity contribution in [2.45, 2.75) is 25.8 Å². The summed E-state index contributed by atoms with van der Waals surface area (Å²) in [5.41, 5.74) is 1.12. The van der Waals surface area contributed by atoms with Crippen LogP contribution in [-0.4, -0.2) is 42.5 Å². The Kier molecular flexibility index (Phi) is 5.38. The maximum atomic E-state index is 12.4. The van der Waals surface area contributed by atoms with E-state index in [-0.39, 0.29) is 17.6 Å². The van der Waals surface area contributed by atoms with Crippen LogP contribution in [0.1, 0.15) is 29.0 Å². The summed E-state index contributed by atoms with van der Waals surface area (Å²) in [6.07, 6.45) is 2.93. The van der Waals surface area contributed by atoms with Crippen LogP contribution in [0.2, 0.25) is 0 Å². The van der Waals surface area contributed by atoms with Crippen LogP contribution in [0.5, 0.6) is 5.75 Å². The smallest absolute Gasteiger partial charge is 0.290 e. The second-order valence-corrected chi connectivity index (χ2v) is 6.09. The van der Waals surface area contributed by atoms with Crippen molar-refractivity contribution in [1.82, 2.24) is 10.2 Å². The predicted molar refractivity (Wildman–Crippen MR) is 92.5 cm³/mol. The van der Waals surface area contributed by atoms with Crippen LogP contribution < -0.4 is 10.1 Å². The van der Waals surface area contributed by atoms with Crippen LogP contribution in [0.15, 0.2) is 47.1 Å². The Morgan fingerprint density at radius 2 is 2.20 bits per heavy atom. The molecule has 6 heteroatoms. The molecule has 1 N–H and O–H groups in total. The number of hydrogen-bond donors (Lipinski definition) is 1. The van der Waals surface area contributed by atoms with Crippen LogP contribution in [-0.2, 0) is 4.79 Å². The van der Waals surface area contributed by atoms with Crippen LogP contribution in [0.4, 0.5) is 0 Å². The molecule has 2 amide bonds. The second-order valence-electron chi connectivity index (χ2n) is 6.09. The quantitative estimate of drug-likeness (QED) is 0.818. The van der Waals surface area contributed by atoms with Gasteiger partial charge >= 0.3 is 0 Å². The van der Waals surface area contributed by atoms with E-state index in [0.717, 1.165) is 17.7 Å². The number of benzene rings is 1. The van der Waals surface area contributed by atoms with E-state index in [1.807, 2.05) is 31.2 Å². The Balaban J connectivity index is 1.48. The summed E-state index contributed by atoms with van der Waals surface area (Å²) in [5, 5.41) is 2.85. The van der Waals surface area contributed by atoms with Crippen LogP contribution in [0.3, 0.4) is 0 Å². The molecule has 0 spiro atoms. The molecule has 1 aromatic heterocycles. The standard InChI is InChI=1S/C19H22N2O4/c1-14-5-2-6-15(13-14)24-12-9-20-18(22)16-7-3-10-21(16)19(23)17-8-4-11-25-17/h2,4-6,8,11,13,16H,3,7,9-10,12H2,1H3,(H,20,22). The highest BCUT2D eigenvalue weighted by atomic mass is 16.5. The molecular weight excluding hydrogens is 320 g/mol. The van der Waals surface area contributed by atoms with E-state index in [1.54, 1.807) is 17.0 Å². The lowest BCUT2D eigenvalue weighted by atomic mass is 10.2. The van der Waals surface area contributed by atoms with Gasteiger partial charge in [-0.3, -0.25) is 9.59 Å². The van der Waals surface area contributed by atoms with Crippen molar-refractivity contribution < 1.29 is 18.7 Å². The van der Waals surface area contributed by atoms with Crippen LogP contribution >= 0.6 is 0 Å². The van der Waals surface area contributed by atoms with E-state index in [2.05, 4.69) is 5.32 Å². The third kappa shape index (κ3) is 4.21. The Bertz CT molecular complexity index is 727. The van der Waals surface area contributed by atoms with E-state index in [4.69, 9.17) is 9.15 Å². The lowest BCUT2D eigenvalue weighted by Crippen LogP contribution is -2.46. The molecule has 1 aliphatic heterocycles. The first-order valence-electron chi connectivity index (χ1n) is 8.47. The van der Waals surface area contributed by atoms with E-state index < -0.39 is 6.04 Å². The first kappa shape index (κ1) is 17.1.